The number of alkyl halides is 7. The maximum absolute atomic E-state index is 13.2. The topological polar surface area (TPSA) is 9.23 Å². The average molecular weight is 242 g/mol. The van der Waals surface area contributed by atoms with Crippen molar-refractivity contribution >= 4 is 0 Å². The van der Waals surface area contributed by atoms with Crippen molar-refractivity contribution in [2.24, 2.45) is 0 Å². The van der Waals surface area contributed by atoms with Crippen LogP contribution in [0.4, 0.5) is 30.7 Å². The van der Waals surface area contributed by atoms with Gasteiger partial charge in [0.25, 0.3) is 0 Å². The zero-order valence-electron chi connectivity index (χ0n) is 8.05. The highest BCUT2D eigenvalue weighted by Gasteiger charge is 2.77. The lowest BCUT2D eigenvalue weighted by atomic mass is 9.94. The number of methoxy groups -OCH3 is 1. The standard InChI is InChI=1S/C7H9F7O/c1-4(2,8)6(11,15-3)5(9,10)7(12,13)14/h1-3H3. The second-order valence-corrected chi connectivity index (χ2v) is 3.34. The van der Waals surface area contributed by atoms with E-state index < -0.39 is 23.6 Å². The monoisotopic (exact) mass is 242 g/mol. The first-order valence-corrected chi connectivity index (χ1v) is 3.69. The van der Waals surface area contributed by atoms with Crippen LogP contribution in [0.2, 0.25) is 0 Å². The second kappa shape index (κ2) is 3.50. The molecule has 0 aliphatic rings. The zero-order chi connectivity index (χ0) is 12.7. The highest BCUT2D eigenvalue weighted by atomic mass is 19.4. The van der Waals surface area contributed by atoms with Crippen LogP contribution in [0.5, 0.6) is 0 Å². The molecule has 0 aromatic heterocycles. The Morgan fingerprint density at radius 3 is 1.20 bits per heavy atom. The van der Waals surface area contributed by atoms with Crippen LogP contribution < -0.4 is 0 Å². The summed E-state index contributed by atoms with van der Waals surface area (Å²) in [5.41, 5.74) is -3.51. The van der Waals surface area contributed by atoms with Gasteiger partial charge in [-0.3, -0.25) is 0 Å². The van der Waals surface area contributed by atoms with Gasteiger partial charge in [0.2, 0.25) is 0 Å². The van der Waals surface area contributed by atoms with Gasteiger partial charge in [-0.1, -0.05) is 0 Å². The normalized spacial score (nSPS) is 18.8. The third-order valence-corrected chi connectivity index (χ3v) is 1.81. The minimum Gasteiger partial charge on any atom is -0.342 e. The van der Waals surface area contributed by atoms with Gasteiger partial charge in [0.15, 0.2) is 5.67 Å². The zero-order valence-corrected chi connectivity index (χ0v) is 8.05. The molecule has 8 heteroatoms. The summed E-state index contributed by atoms with van der Waals surface area (Å²) in [6.45, 7) is 0.465. The van der Waals surface area contributed by atoms with Crippen molar-refractivity contribution in [2.75, 3.05) is 7.11 Å². The van der Waals surface area contributed by atoms with E-state index in [1.165, 1.54) is 0 Å². The lowest BCUT2D eigenvalue weighted by Gasteiger charge is -2.38. The van der Waals surface area contributed by atoms with E-state index in [0.717, 1.165) is 0 Å². The van der Waals surface area contributed by atoms with E-state index in [-0.39, 0.29) is 21.0 Å². The summed E-state index contributed by atoms with van der Waals surface area (Å²) in [5.74, 6) is -10.7. The molecule has 0 radical (unpaired) electrons. The molecule has 1 atom stereocenters. The summed E-state index contributed by atoms with van der Waals surface area (Å²) in [7, 11) is 0.237. The van der Waals surface area contributed by atoms with Crippen LogP contribution in [-0.4, -0.2) is 30.7 Å². The minimum atomic E-state index is -6.24. The smallest absolute Gasteiger partial charge is 0.342 e. The van der Waals surface area contributed by atoms with E-state index in [1.807, 2.05) is 0 Å². The molecule has 0 aromatic carbocycles. The molecule has 0 heterocycles. The molecule has 0 aromatic rings. The highest BCUT2D eigenvalue weighted by Crippen LogP contribution is 2.51. The van der Waals surface area contributed by atoms with E-state index in [9.17, 15) is 30.7 Å². The lowest BCUT2D eigenvalue weighted by Crippen LogP contribution is -2.64. The van der Waals surface area contributed by atoms with Gasteiger partial charge in [0.1, 0.15) is 0 Å². The number of hydrogen-bond donors (Lipinski definition) is 0. The SMILES string of the molecule is COC(F)(C(C)(C)F)C(F)(F)C(F)(F)F. The molecule has 0 bridgehead atoms. The molecule has 0 saturated carbocycles. The average Bonchev–Trinajstić information content (AvgIpc) is 1.98. The highest BCUT2D eigenvalue weighted by molar-refractivity contribution is 5.01. The van der Waals surface area contributed by atoms with E-state index in [0.29, 0.717) is 0 Å². The van der Waals surface area contributed by atoms with E-state index >= 15 is 0 Å². The third kappa shape index (κ3) is 2.04. The van der Waals surface area contributed by atoms with E-state index in [1.54, 1.807) is 0 Å². The van der Waals surface area contributed by atoms with Gasteiger partial charge in [-0.15, -0.1) is 0 Å². The Balaban J connectivity index is 5.50. The molecular weight excluding hydrogens is 233 g/mol. The van der Waals surface area contributed by atoms with Crippen LogP contribution >= 0.6 is 0 Å². The van der Waals surface area contributed by atoms with Crippen LogP contribution in [0, 0.1) is 0 Å². The number of halogens is 7. The molecule has 15 heavy (non-hydrogen) atoms. The van der Waals surface area contributed by atoms with Crippen molar-refractivity contribution in [1.29, 1.82) is 0 Å². The lowest BCUT2D eigenvalue weighted by molar-refractivity contribution is -0.403. The maximum atomic E-state index is 13.2. The predicted molar refractivity (Wildman–Crippen MR) is 37.0 cm³/mol. The fourth-order valence-corrected chi connectivity index (χ4v) is 0.927. The molecular formula is C7H9F7O. The number of hydrogen-bond acceptors (Lipinski definition) is 1. The molecule has 0 saturated heterocycles. The predicted octanol–water partition coefficient (Wildman–Crippen LogP) is 3.24. The Hall–Kier alpha value is -0.530. The van der Waals surface area contributed by atoms with Crippen molar-refractivity contribution in [3.05, 3.63) is 0 Å². The van der Waals surface area contributed by atoms with Crippen LogP contribution in [0.25, 0.3) is 0 Å². The molecule has 0 amide bonds. The van der Waals surface area contributed by atoms with E-state index in [2.05, 4.69) is 4.74 Å². The van der Waals surface area contributed by atoms with Gasteiger partial charge in [0, 0.05) is 7.11 Å². The molecule has 0 aliphatic heterocycles. The third-order valence-electron chi connectivity index (χ3n) is 1.81. The molecule has 1 nitrogen and oxygen atoms in total. The molecule has 0 N–H and O–H groups in total. The van der Waals surface area contributed by atoms with Crippen molar-refractivity contribution in [3.63, 3.8) is 0 Å². The van der Waals surface area contributed by atoms with Crippen LogP contribution in [0.3, 0.4) is 0 Å². The number of ether oxygens (including phenoxy) is 1. The molecule has 0 fully saturated rings. The summed E-state index contributed by atoms with van der Waals surface area (Å²) < 4.78 is 90.2. The Kier molecular flexibility index (Phi) is 3.37. The van der Waals surface area contributed by atoms with Crippen molar-refractivity contribution in [3.8, 4) is 0 Å². The summed E-state index contributed by atoms with van der Waals surface area (Å²) in [6.07, 6.45) is -6.24. The summed E-state index contributed by atoms with van der Waals surface area (Å²) in [6, 6.07) is 0. The fourth-order valence-electron chi connectivity index (χ4n) is 0.927. The van der Waals surface area contributed by atoms with Gasteiger partial charge >= 0.3 is 18.0 Å². The molecule has 0 aliphatic carbocycles. The Labute approximate surface area is 81.2 Å². The van der Waals surface area contributed by atoms with Crippen LogP contribution in [-0.2, 0) is 4.74 Å². The Morgan fingerprint density at radius 2 is 1.13 bits per heavy atom. The second-order valence-electron chi connectivity index (χ2n) is 3.34. The van der Waals surface area contributed by atoms with Gasteiger partial charge in [-0.25, -0.2) is 8.78 Å². The van der Waals surface area contributed by atoms with Gasteiger partial charge < -0.3 is 4.74 Å². The summed E-state index contributed by atoms with van der Waals surface area (Å²) in [5, 5.41) is 0. The maximum Gasteiger partial charge on any atom is 0.459 e. The van der Waals surface area contributed by atoms with Crippen molar-refractivity contribution < 1.29 is 35.5 Å². The molecule has 92 valence electrons. The molecule has 0 rings (SSSR count). The quantitative estimate of drug-likeness (QED) is 0.690. The Bertz CT molecular complexity index is 228. The first-order chi connectivity index (χ1) is 6.31. The molecule has 1 unspecified atom stereocenters. The van der Waals surface area contributed by atoms with E-state index in [4.69, 9.17) is 0 Å². The first-order valence-electron chi connectivity index (χ1n) is 3.69. The summed E-state index contributed by atoms with van der Waals surface area (Å²) >= 11 is 0. The van der Waals surface area contributed by atoms with Crippen molar-refractivity contribution in [2.45, 2.75) is 37.5 Å². The fraction of sp³-hybridized carbons (Fsp3) is 1.00. The van der Waals surface area contributed by atoms with Gasteiger partial charge in [-0.05, 0) is 13.8 Å². The molecule has 0 spiro atoms. The Morgan fingerprint density at radius 1 is 0.800 bits per heavy atom. The minimum absolute atomic E-state index is 0.232. The summed E-state index contributed by atoms with van der Waals surface area (Å²) in [4.78, 5) is 0. The van der Waals surface area contributed by atoms with Crippen LogP contribution in [0.15, 0.2) is 0 Å². The van der Waals surface area contributed by atoms with Gasteiger partial charge in [0.05, 0.1) is 0 Å². The largest absolute Gasteiger partial charge is 0.459 e. The van der Waals surface area contributed by atoms with Crippen molar-refractivity contribution in [1.82, 2.24) is 0 Å². The first kappa shape index (κ1) is 14.5. The van der Waals surface area contributed by atoms with Gasteiger partial charge in [-0.2, -0.15) is 22.0 Å². The number of rotatable bonds is 3. The van der Waals surface area contributed by atoms with Crippen LogP contribution in [0.1, 0.15) is 13.8 Å².